The maximum atomic E-state index is 4.02. The fourth-order valence-corrected chi connectivity index (χ4v) is 0.861. The van der Waals surface area contributed by atoms with Gasteiger partial charge < -0.3 is 4.98 Å². The molecule has 0 aliphatic carbocycles. The van der Waals surface area contributed by atoms with Crippen LogP contribution in [0.5, 0.6) is 0 Å². The van der Waals surface area contributed by atoms with Crippen LogP contribution in [-0.2, 0) is 7.05 Å². The zero-order valence-corrected chi connectivity index (χ0v) is 6.02. The van der Waals surface area contributed by atoms with Crippen LogP contribution in [-0.4, -0.2) is 25.2 Å². The average Bonchev–Trinajstić information content (AvgIpc) is 2.55. The molecule has 0 saturated heterocycles. The third-order valence-corrected chi connectivity index (χ3v) is 1.35. The third-order valence-electron chi connectivity index (χ3n) is 1.35. The second-order valence-corrected chi connectivity index (χ2v) is 2.19. The van der Waals surface area contributed by atoms with Gasteiger partial charge in [0.1, 0.15) is 0 Å². The fraction of sp³-hybridized carbons (Fsp3) is 0.167. The Morgan fingerprint density at radius 2 is 2.45 bits per heavy atom. The maximum absolute atomic E-state index is 4.02. The van der Waals surface area contributed by atoms with Gasteiger partial charge in [-0.3, -0.25) is 0 Å². The minimum atomic E-state index is 0.623. The summed E-state index contributed by atoms with van der Waals surface area (Å²) >= 11 is 0. The molecule has 0 radical (unpaired) electrons. The Morgan fingerprint density at radius 1 is 1.55 bits per heavy atom. The summed E-state index contributed by atoms with van der Waals surface area (Å²) in [5.41, 5.74) is 0.887. The van der Waals surface area contributed by atoms with Gasteiger partial charge in [-0.2, -0.15) is 4.80 Å². The summed E-state index contributed by atoms with van der Waals surface area (Å²) in [6.45, 7) is 0. The van der Waals surface area contributed by atoms with Crippen LogP contribution in [0.2, 0.25) is 0 Å². The highest BCUT2D eigenvalue weighted by Crippen LogP contribution is 2.07. The highest BCUT2D eigenvalue weighted by atomic mass is 15.6. The first-order chi connectivity index (χ1) is 5.36. The molecule has 0 atom stereocenters. The Hall–Kier alpha value is -1.65. The van der Waals surface area contributed by atoms with Gasteiger partial charge in [0.2, 0.25) is 5.82 Å². The van der Waals surface area contributed by atoms with Gasteiger partial charge in [0.15, 0.2) is 0 Å². The molecule has 0 aliphatic rings. The van der Waals surface area contributed by atoms with Crippen LogP contribution in [0, 0.1) is 0 Å². The van der Waals surface area contributed by atoms with Crippen LogP contribution < -0.4 is 0 Å². The minimum absolute atomic E-state index is 0.623. The molecule has 2 heterocycles. The van der Waals surface area contributed by atoms with E-state index < -0.39 is 0 Å². The standard InChI is InChI=1S/C6H7N5/c1-11-9-6(8-10-11)5-3-2-4-7-5/h2-4,7H,1H3. The third kappa shape index (κ3) is 1.000. The lowest BCUT2D eigenvalue weighted by Gasteiger charge is -1.83. The van der Waals surface area contributed by atoms with E-state index in [0.717, 1.165) is 5.69 Å². The smallest absolute Gasteiger partial charge is 0.221 e. The number of hydrogen-bond donors (Lipinski definition) is 1. The van der Waals surface area contributed by atoms with E-state index in [2.05, 4.69) is 20.4 Å². The molecule has 5 heteroatoms. The normalized spacial score (nSPS) is 10.3. The Morgan fingerprint density at radius 3 is 3.00 bits per heavy atom. The molecule has 0 aromatic carbocycles. The molecule has 2 rings (SSSR count). The molecule has 0 amide bonds. The lowest BCUT2D eigenvalue weighted by molar-refractivity contribution is 0.630. The van der Waals surface area contributed by atoms with Crippen molar-refractivity contribution < 1.29 is 0 Å². The minimum Gasteiger partial charge on any atom is -0.359 e. The van der Waals surface area contributed by atoms with Crippen molar-refractivity contribution in [3.05, 3.63) is 18.3 Å². The van der Waals surface area contributed by atoms with E-state index in [1.165, 1.54) is 4.80 Å². The second kappa shape index (κ2) is 2.19. The van der Waals surface area contributed by atoms with Crippen molar-refractivity contribution in [2.24, 2.45) is 7.05 Å². The molecular formula is C6H7N5. The Kier molecular flexibility index (Phi) is 1.21. The average molecular weight is 149 g/mol. The van der Waals surface area contributed by atoms with E-state index in [9.17, 15) is 0 Å². The van der Waals surface area contributed by atoms with Gasteiger partial charge >= 0.3 is 0 Å². The number of aromatic amines is 1. The summed E-state index contributed by atoms with van der Waals surface area (Å²) in [5.74, 6) is 0.623. The van der Waals surface area contributed by atoms with Crippen LogP contribution >= 0.6 is 0 Å². The molecule has 2 aromatic rings. The van der Waals surface area contributed by atoms with Gasteiger partial charge in [-0.1, -0.05) is 0 Å². The van der Waals surface area contributed by atoms with Gasteiger partial charge in [-0.05, 0) is 17.3 Å². The van der Waals surface area contributed by atoms with E-state index >= 15 is 0 Å². The van der Waals surface area contributed by atoms with Crippen molar-refractivity contribution in [3.8, 4) is 11.5 Å². The number of nitrogens with zero attached hydrogens (tertiary/aromatic N) is 4. The summed E-state index contributed by atoms with van der Waals surface area (Å²) in [4.78, 5) is 4.42. The van der Waals surface area contributed by atoms with Crippen LogP contribution in [0.3, 0.4) is 0 Å². The molecule has 0 spiro atoms. The number of aromatic nitrogens is 5. The van der Waals surface area contributed by atoms with Crippen molar-refractivity contribution in [2.45, 2.75) is 0 Å². The van der Waals surface area contributed by atoms with Crippen molar-refractivity contribution in [2.75, 3.05) is 0 Å². The highest BCUT2D eigenvalue weighted by molar-refractivity contribution is 5.46. The van der Waals surface area contributed by atoms with Gasteiger partial charge in [0.25, 0.3) is 0 Å². The van der Waals surface area contributed by atoms with Crippen LogP contribution in [0.25, 0.3) is 11.5 Å². The lowest BCUT2D eigenvalue weighted by atomic mass is 10.4. The number of tetrazole rings is 1. The number of hydrogen-bond acceptors (Lipinski definition) is 3. The summed E-state index contributed by atoms with van der Waals surface area (Å²) in [7, 11) is 1.74. The Bertz CT molecular complexity index is 333. The molecule has 11 heavy (non-hydrogen) atoms. The summed E-state index contributed by atoms with van der Waals surface area (Å²) < 4.78 is 0. The first kappa shape index (κ1) is 6.09. The van der Waals surface area contributed by atoms with Gasteiger partial charge in [0.05, 0.1) is 12.7 Å². The molecule has 0 unspecified atom stereocenters. The summed E-state index contributed by atoms with van der Waals surface area (Å²) in [5, 5.41) is 11.6. The van der Waals surface area contributed by atoms with Crippen LogP contribution in [0.4, 0.5) is 0 Å². The Balaban J connectivity index is 2.45. The van der Waals surface area contributed by atoms with E-state index in [-0.39, 0.29) is 0 Å². The molecule has 0 saturated carbocycles. The van der Waals surface area contributed by atoms with Crippen molar-refractivity contribution in [1.29, 1.82) is 0 Å². The molecule has 0 aliphatic heterocycles. The maximum Gasteiger partial charge on any atom is 0.221 e. The molecule has 2 aromatic heterocycles. The Labute approximate surface area is 63.0 Å². The second-order valence-electron chi connectivity index (χ2n) is 2.19. The molecule has 5 nitrogen and oxygen atoms in total. The zero-order valence-electron chi connectivity index (χ0n) is 6.02. The van der Waals surface area contributed by atoms with Crippen molar-refractivity contribution in [1.82, 2.24) is 25.2 Å². The number of aryl methyl sites for hydroxylation is 1. The number of rotatable bonds is 1. The van der Waals surface area contributed by atoms with Gasteiger partial charge in [-0.15, -0.1) is 10.2 Å². The molecule has 0 fully saturated rings. The molecule has 56 valence electrons. The van der Waals surface area contributed by atoms with E-state index in [1.807, 2.05) is 18.3 Å². The molecule has 0 bridgehead atoms. The fourth-order valence-electron chi connectivity index (χ4n) is 0.861. The lowest BCUT2D eigenvalue weighted by Crippen LogP contribution is -1.91. The van der Waals surface area contributed by atoms with Gasteiger partial charge in [-0.25, -0.2) is 0 Å². The van der Waals surface area contributed by atoms with Crippen LogP contribution in [0.15, 0.2) is 18.3 Å². The number of nitrogens with one attached hydrogen (secondary N) is 1. The molecule has 1 N–H and O–H groups in total. The first-order valence-corrected chi connectivity index (χ1v) is 3.24. The number of H-pyrrole nitrogens is 1. The van der Waals surface area contributed by atoms with Crippen LogP contribution in [0.1, 0.15) is 0 Å². The van der Waals surface area contributed by atoms with E-state index in [4.69, 9.17) is 0 Å². The zero-order chi connectivity index (χ0) is 7.68. The first-order valence-electron chi connectivity index (χ1n) is 3.24. The largest absolute Gasteiger partial charge is 0.359 e. The van der Waals surface area contributed by atoms with Crippen molar-refractivity contribution in [3.63, 3.8) is 0 Å². The monoisotopic (exact) mass is 149 g/mol. The molecular weight excluding hydrogens is 142 g/mol. The summed E-state index contributed by atoms with van der Waals surface area (Å²) in [6, 6.07) is 3.79. The topological polar surface area (TPSA) is 59.4 Å². The highest BCUT2D eigenvalue weighted by Gasteiger charge is 2.02. The quantitative estimate of drug-likeness (QED) is 0.630. The van der Waals surface area contributed by atoms with Gasteiger partial charge in [0, 0.05) is 6.20 Å². The van der Waals surface area contributed by atoms with E-state index in [0.29, 0.717) is 5.82 Å². The summed E-state index contributed by atoms with van der Waals surface area (Å²) in [6.07, 6.45) is 1.83. The van der Waals surface area contributed by atoms with E-state index in [1.54, 1.807) is 7.05 Å². The van der Waals surface area contributed by atoms with Crippen molar-refractivity contribution >= 4 is 0 Å². The SMILES string of the molecule is Cn1nnc(-c2ccc[nH]2)n1. The predicted molar refractivity (Wildman–Crippen MR) is 38.6 cm³/mol. The predicted octanol–water partition coefficient (Wildman–Crippen LogP) is 0.205.